The van der Waals surface area contributed by atoms with Crippen molar-refractivity contribution in [1.29, 1.82) is 0 Å². The zero-order chi connectivity index (χ0) is 12.7. The highest BCUT2D eigenvalue weighted by Crippen LogP contribution is 2.31. The molecule has 0 spiro atoms. The van der Waals surface area contributed by atoms with Gasteiger partial charge in [0.1, 0.15) is 11.5 Å². The molecule has 3 aliphatic heterocycles. The summed E-state index contributed by atoms with van der Waals surface area (Å²) in [5.74, 6) is -2.14. The second-order valence-corrected chi connectivity index (χ2v) is 5.13. The van der Waals surface area contributed by atoms with Crippen LogP contribution >= 0.6 is 0 Å². The Morgan fingerprint density at radius 3 is 2.17 bits per heavy atom. The van der Waals surface area contributed by atoms with Gasteiger partial charge in [-0.1, -0.05) is 0 Å². The van der Waals surface area contributed by atoms with Crippen LogP contribution in [0.3, 0.4) is 0 Å². The zero-order valence-electron chi connectivity index (χ0n) is 9.93. The first kappa shape index (κ1) is 11.8. The van der Waals surface area contributed by atoms with E-state index in [1.165, 1.54) is 0 Å². The molecule has 2 nitrogen and oxygen atoms in total. The lowest BCUT2D eigenvalue weighted by molar-refractivity contribution is 0.0972. The quantitative estimate of drug-likeness (QED) is 0.875. The highest BCUT2D eigenvalue weighted by molar-refractivity contribution is 5.47. The predicted molar refractivity (Wildman–Crippen MR) is 62.9 cm³/mol. The molecule has 4 rings (SSSR count). The lowest BCUT2D eigenvalue weighted by atomic mass is 9.84. The maximum absolute atomic E-state index is 13.6. The van der Waals surface area contributed by atoms with Crippen LogP contribution in [-0.2, 0) is 0 Å². The molecule has 1 unspecified atom stereocenters. The molecule has 0 radical (unpaired) electrons. The molecule has 3 saturated heterocycles. The summed E-state index contributed by atoms with van der Waals surface area (Å²) < 4.78 is 39.9. The second-order valence-electron chi connectivity index (χ2n) is 5.13. The third-order valence-corrected chi connectivity index (χ3v) is 3.99. The van der Waals surface area contributed by atoms with E-state index in [4.69, 9.17) is 0 Å². The number of halogens is 3. The van der Waals surface area contributed by atoms with Crippen LogP contribution in [0.4, 0.5) is 18.9 Å². The molecule has 1 N–H and O–H groups in total. The molecule has 0 aromatic heterocycles. The number of piperidine rings is 3. The van der Waals surface area contributed by atoms with Gasteiger partial charge in [0.2, 0.25) is 0 Å². The van der Waals surface area contributed by atoms with Gasteiger partial charge in [0.25, 0.3) is 0 Å². The number of anilines is 1. The number of fused-ring (bicyclic) bond motifs is 3. The lowest BCUT2D eigenvalue weighted by Crippen LogP contribution is -2.53. The van der Waals surface area contributed by atoms with Crippen molar-refractivity contribution < 1.29 is 13.2 Å². The van der Waals surface area contributed by atoms with Gasteiger partial charge >= 0.3 is 0 Å². The maximum atomic E-state index is 13.6. The van der Waals surface area contributed by atoms with Gasteiger partial charge in [0.05, 0.1) is 0 Å². The van der Waals surface area contributed by atoms with E-state index in [1.54, 1.807) is 0 Å². The Morgan fingerprint density at radius 1 is 1.06 bits per heavy atom. The third kappa shape index (κ3) is 2.07. The summed E-state index contributed by atoms with van der Waals surface area (Å²) in [6, 6.07) is 1.49. The van der Waals surface area contributed by atoms with E-state index >= 15 is 0 Å². The summed E-state index contributed by atoms with van der Waals surface area (Å²) in [5.41, 5.74) is -0.199. The Balaban J connectivity index is 1.81. The van der Waals surface area contributed by atoms with Crippen LogP contribution < -0.4 is 5.32 Å². The molecular weight excluding hydrogens is 241 g/mol. The van der Waals surface area contributed by atoms with Gasteiger partial charge in [-0.2, -0.15) is 0 Å². The molecule has 3 fully saturated rings. The highest BCUT2D eigenvalue weighted by atomic mass is 19.1. The van der Waals surface area contributed by atoms with Crippen LogP contribution in [0.2, 0.25) is 0 Å². The van der Waals surface area contributed by atoms with Crippen molar-refractivity contribution in [2.24, 2.45) is 5.92 Å². The minimum Gasteiger partial charge on any atom is -0.376 e. The SMILES string of the molecule is Fc1cc(F)c(NC2CN3CCC2CC3)c(F)c1. The van der Waals surface area contributed by atoms with E-state index in [-0.39, 0.29) is 11.7 Å². The van der Waals surface area contributed by atoms with Gasteiger partial charge in [-0.15, -0.1) is 0 Å². The first-order valence-corrected chi connectivity index (χ1v) is 6.27. The third-order valence-electron chi connectivity index (χ3n) is 3.99. The number of nitrogens with one attached hydrogen (secondary N) is 1. The molecule has 0 saturated carbocycles. The molecular formula is C13H15F3N2. The normalized spacial score (nSPS) is 30.5. The largest absolute Gasteiger partial charge is 0.376 e. The molecule has 1 atom stereocenters. The van der Waals surface area contributed by atoms with Gasteiger partial charge in [-0.05, 0) is 31.8 Å². The molecule has 3 aliphatic rings. The van der Waals surface area contributed by atoms with Crippen LogP contribution in [0.5, 0.6) is 0 Å². The number of nitrogens with zero attached hydrogens (tertiary/aromatic N) is 1. The van der Waals surface area contributed by atoms with E-state index in [2.05, 4.69) is 10.2 Å². The molecule has 3 heterocycles. The first-order valence-electron chi connectivity index (χ1n) is 6.27. The van der Waals surface area contributed by atoms with E-state index in [0.29, 0.717) is 18.1 Å². The Labute approximate surface area is 104 Å². The minimum absolute atomic E-state index is 0.0574. The van der Waals surface area contributed by atoms with Crippen molar-refractivity contribution in [3.63, 3.8) is 0 Å². The summed E-state index contributed by atoms with van der Waals surface area (Å²) in [6.07, 6.45) is 2.12. The Hall–Kier alpha value is -1.23. The van der Waals surface area contributed by atoms with Crippen LogP contribution in [0.15, 0.2) is 12.1 Å². The maximum Gasteiger partial charge on any atom is 0.152 e. The Kier molecular flexibility index (Phi) is 2.93. The van der Waals surface area contributed by atoms with Crippen molar-refractivity contribution >= 4 is 5.69 Å². The average molecular weight is 256 g/mol. The molecule has 98 valence electrons. The Morgan fingerprint density at radius 2 is 1.67 bits per heavy atom. The summed E-state index contributed by atoms with van der Waals surface area (Å²) in [5, 5.41) is 2.92. The molecule has 2 bridgehead atoms. The smallest absolute Gasteiger partial charge is 0.152 e. The van der Waals surface area contributed by atoms with E-state index in [9.17, 15) is 13.2 Å². The summed E-state index contributed by atoms with van der Waals surface area (Å²) in [6.45, 7) is 2.94. The van der Waals surface area contributed by atoms with E-state index < -0.39 is 17.5 Å². The van der Waals surface area contributed by atoms with Crippen molar-refractivity contribution in [2.45, 2.75) is 18.9 Å². The fourth-order valence-electron chi connectivity index (χ4n) is 2.99. The fourth-order valence-corrected chi connectivity index (χ4v) is 2.99. The lowest BCUT2D eigenvalue weighted by Gasteiger charge is -2.45. The van der Waals surface area contributed by atoms with Crippen molar-refractivity contribution in [2.75, 3.05) is 25.0 Å². The Bertz CT molecular complexity index is 433. The van der Waals surface area contributed by atoms with Crippen LogP contribution in [0, 0.1) is 23.4 Å². The van der Waals surface area contributed by atoms with E-state index in [1.807, 2.05) is 0 Å². The van der Waals surface area contributed by atoms with E-state index in [0.717, 1.165) is 32.5 Å². The van der Waals surface area contributed by atoms with Gasteiger partial charge in [-0.3, -0.25) is 0 Å². The number of hydrogen-bond donors (Lipinski definition) is 1. The molecule has 0 aliphatic carbocycles. The van der Waals surface area contributed by atoms with Crippen molar-refractivity contribution in [3.8, 4) is 0 Å². The van der Waals surface area contributed by atoms with Gasteiger partial charge < -0.3 is 10.2 Å². The summed E-state index contributed by atoms with van der Waals surface area (Å²) in [7, 11) is 0. The van der Waals surface area contributed by atoms with Gasteiger partial charge in [0.15, 0.2) is 11.6 Å². The van der Waals surface area contributed by atoms with Gasteiger partial charge in [-0.25, -0.2) is 13.2 Å². The van der Waals surface area contributed by atoms with Crippen molar-refractivity contribution in [1.82, 2.24) is 4.90 Å². The highest BCUT2D eigenvalue weighted by Gasteiger charge is 2.34. The number of benzene rings is 1. The van der Waals surface area contributed by atoms with Crippen molar-refractivity contribution in [3.05, 3.63) is 29.6 Å². The molecule has 5 heteroatoms. The number of rotatable bonds is 2. The summed E-state index contributed by atoms with van der Waals surface area (Å²) in [4.78, 5) is 2.29. The average Bonchev–Trinajstić information content (AvgIpc) is 2.35. The molecule has 0 amide bonds. The standard InChI is InChI=1S/C13H15F3N2/c14-9-5-10(15)13(11(16)6-9)17-12-7-18-3-1-8(12)2-4-18/h5-6,8,12,17H,1-4,7H2. The topological polar surface area (TPSA) is 15.3 Å². The zero-order valence-corrected chi connectivity index (χ0v) is 9.93. The van der Waals surface area contributed by atoms with Crippen LogP contribution in [-0.4, -0.2) is 30.6 Å². The molecule has 18 heavy (non-hydrogen) atoms. The first-order chi connectivity index (χ1) is 8.63. The number of hydrogen-bond acceptors (Lipinski definition) is 2. The molecule has 1 aromatic rings. The fraction of sp³-hybridized carbons (Fsp3) is 0.538. The van der Waals surface area contributed by atoms with Gasteiger partial charge in [0, 0.05) is 24.7 Å². The van der Waals surface area contributed by atoms with Crippen LogP contribution in [0.1, 0.15) is 12.8 Å². The second kappa shape index (κ2) is 4.46. The van der Waals surface area contributed by atoms with Crippen LogP contribution in [0.25, 0.3) is 0 Å². The summed E-state index contributed by atoms with van der Waals surface area (Å²) >= 11 is 0. The minimum atomic E-state index is -0.885. The predicted octanol–water partition coefficient (Wildman–Crippen LogP) is 2.61. The monoisotopic (exact) mass is 256 g/mol. The molecule has 1 aromatic carbocycles.